The van der Waals surface area contributed by atoms with E-state index in [-0.39, 0.29) is 31.4 Å². The highest BCUT2D eigenvalue weighted by Gasteiger charge is 2.22. The van der Waals surface area contributed by atoms with E-state index in [2.05, 4.69) is 24.5 Å². The number of hydrogen-bond acceptors (Lipinski definition) is 5. The van der Waals surface area contributed by atoms with E-state index in [9.17, 15) is 19.2 Å². The number of anilines is 3. The van der Waals surface area contributed by atoms with Crippen molar-refractivity contribution in [3.8, 4) is 5.75 Å². The fraction of sp³-hybridized carbons (Fsp3) is 0.333. The van der Waals surface area contributed by atoms with Gasteiger partial charge in [-0.05, 0) is 61.2 Å². The molecule has 0 aliphatic carbocycles. The minimum absolute atomic E-state index is 0.170. The lowest BCUT2D eigenvalue weighted by Crippen LogP contribution is -2.42. The number of rotatable bonds is 15. The molecule has 3 aromatic rings. The van der Waals surface area contributed by atoms with Crippen LogP contribution in [-0.4, -0.2) is 55.2 Å². The van der Waals surface area contributed by atoms with Crippen molar-refractivity contribution in [3.63, 3.8) is 0 Å². The highest BCUT2D eigenvalue weighted by Crippen LogP contribution is 2.29. The number of aliphatic carboxylic acids is 1. The molecule has 0 saturated heterocycles. The van der Waals surface area contributed by atoms with Crippen molar-refractivity contribution in [1.82, 2.24) is 5.32 Å². The molecule has 228 valence electrons. The van der Waals surface area contributed by atoms with Crippen LogP contribution < -0.4 is 25.2 Å². The number of ether oxygens (including phenoxy) is 1. The molecule has 3 aromatic carbocycles. The van der Waals surface area contributed by atoms with Gasteiger partial charge >= 0.3 is 12.0 Å². The molecule has 4 amide bonds. The second-order valence-corrected chi connectivity index (χ2v) is 10.2. The van der Waals surface area contributed by atoms with Crippen LogP contribution in [0.3, 0.4) is 0 Å². The van der Waals surface area contributed by atoms with Crippen molar-refractivity contribution in [2.45, 2.75) is 40.0 Å². The summed E-state index contributed by atoms with van der Waals surface area (Å²) in [5.41, 5.74) is 2.24. The predicted molar refractivity (Wildman–Crippen MR) is 168 cm³/mol. The minimum Gasteiger partial charge on any atom is -0.482 e. The second kappa shape index (κ2) is 16.5. The van der Waals surface area contributed by atoms with Crippen LogP contribution in [0.5, 0.6) is 5.75 Å². The van der Waals surface area contributed by atoms with Gasteiger partial charge in [0.2, 0.25) is 5.91 Å². The Balaban J connectivity index is 1.71. The molecular weight excluding hydrogens is 548 g/mol. The van der Waals surface area contributed by atoms with Crippen molar-refractivity contribution in [3.05, 3.63) is 84.4 Å². The first-order valence-corrected chi connectivity index (χ1v) is 14.4. The number of benzene rings is 3. The number of amides is 4. The van der Waals surface area contributed by atoms with Crippen molar-refractivity contribution < 1.29 is 29.0 Å². The number of likely N-dealkylation sites (N-methyl/N-ethyl adjacent to an activating group) is 1. The first kappa shape index (κ1) is 32.7. The van der Waals surface area contributed by atoms with E-state index in [0.29, 0.717) is 41.7 Å². The van der Waals surface area contributed by atoms with E-state index in [4.69, 9.17) is 9.84 Å². The van der Waals surface area contributed by atoms with Crippen LogP contribution in [-0.2, 0) is 20.8 Å². The maximum atomic E-state index is 13.5. The summed E-state index contributed by atoms with van der Waals surface area (Å²) >= 11 is 0. The highest BCUT2D eigenvalue weighted by atomic mass is 16.5. The zero-order chi connectivity index (χ0) is 31.2. The topological polar surface area (TPSA) is 128 Å². The van der Waals surface area contributed by atoms with Gasteiger partial charge in [-0.2, -0.15) is 0 Å². The van der Waals surface area contributed by atoms with E-state index in [1.165, 1.54) is 0 Å². The monoisotopic (exact) mass is 588 g/mol. The first-order chi connectivity index (χ1) is 20.7. The molecule has 10 heteroatoms. The van der Waals surface area contributed by atoms with Crippen LogP contribution in [0.2, 0.25) is 0 Å². The number of carbonyl (C=O) groups is 4. The molecule has 3 rings (SSSR count). The number of carboxylic acids is 1. The Labute approximate surface area is 252 Å². The molecule has 0 bridgehead atoms. The van der Waals surface area contributed by atoms with Crippen molar-refractivity contribution in [2.75, 3.05) is 41.4 Å². The fourth-order valence-electron chi connectivity index (χ4n) is 4.42. The third-order valence-electron chi connectivity index (χ3n) is 6.98. The first-order valence-electron chi connectivity index (χ1n) is 14.4. The number of carbonyl (C=O) groups excluding carboxylic acids is 3. The standard InChI is InChI=1S/C33H40N4O6/c1-4-24(3)18-19-37(30(38)22-34-33(42)35-26-13-11-12-25(20-26)21-32(40)41)28-16-9-10-17-29(28)43-23-31(39)36(5-2)27-14-7-6-8-15-27/h6-17,20,24H,4-5,18-19,21-23H2,1-3H3,(H,40,41)(H2,34,35,42). The largest absolute Gasteiger partial charge is 0.482 e. The number of hydrogen-bond donors (Lipinski definition) is 3. The normalized spacial score (nSPS) is 11.2. The summed E-state index contributed by atoms with van der Waals surface area (Å²) in [5, 5.41) is 14.3. The molecule has 43 heavy (non-hydrogen) atoms. The van der Waals surface area contributed by atoms with Gasteiger partial charge in [0.25, 0.3) is 5.91 Å². The van der Waals surface area contributed by atoms with Crippen LogP contribution in [0.25, 0.3) is 0 Å². The van der Waals surface area contributed by atoms with E-state index in [1.807, 2.05) is 37.3 Å². The van der Waals surface area contributed by atoms with Gasteiger partial charge in [-0.3, -0.25) is 14.4 Å². The SMILES string of the molecule is CCC(C)CCN(C(=O)CNC(=O)Nc1cccc(CC(=O)O)c1)c1ccccc1OCC(=O)N(CC)c1ccccc1. The summed E-state index contributed by atoms with van der Waals surface area (Å²) in [6.45, 7) is 6.46. The molecular formula is C33H40N4O6. The van der Waals surface area contributed by atoms with E-state index >= 15 is 0 Å². The van der Waals surface area contributed by atoms with Crippen LogP contribution in [0.4, 0.5) is 21.9 Å². The molecule has 0 saturated carbocycles. The lowest BCUT2D eigenvalue weighted by Gasteiger charge is -2.27. The molecule has 3 N–H and O–H groups in total. The van der Waals surface area contributed by atoms with Crippen molar-refractivity contribution >= 4 is 40.9 Å². The molecule has 0 heterocycles. The average Bonchev–Trinajstić information content (AvgIpc) is 3.00. The molecule has 0 radical (unpaired) electrons. The molecule has 0 aliphatic heterocycles. The zero-order valence-electron chi connectivity index (χ0n) is 24.9. The van der Waals surface area contributed by atoms with E-state index < -0.39 is 12.0 Å². The fourth-order valence-corrected chi connectivity index (χ4v) is 4.42. The van der Waals surface area contributed by atoms with Crippen LogP contribution in [0.1, 0.15) is 39.2 Å². The maximum absolute atomic E-state index is 13.5. The molecule has 0 spiro atoms. The van der Waals surface area contributed by atoms with Crippen molar-refractivity contribution in [1.29, 1.82) is 0 Å². The van der Waals surface area contributed by atoms with Gasteiger partial charge in [0, 0.05) is 24.5 Å². The number of nitrogens with one attached hydrogen (secondary N) is 2. The molecule has 10 nitrogen and oxygen atoms in total. The summed E-state index contributed by atoms with van der Waals surface area (Å²) in [7, 11) is 0. The summed E-state index contributed by atoms with van der Waals surface area (Å²) in [4.78, 5) is 53.4. The Morgan fingerprint density at radius 2 is 1.60 bits per heavy atom. The number of urea groups is 1. The quantitative estimate of drug-likeness (QED) is 0.220. The molecule has 0 aliphatic rings. The summed E-state index contributed by atoms with van der Waals surface area (Å²) in [5.74, 6) is -0.788. The summed E-state index contributed by atoms with van der Waals surface area (Å²) < 4.78 is 5.98. The number of nitrogens with zero attached hydrogens (tertiary/aromatic N) is 2. The maximum Gasteiger partial charge on any atom is 0.319 e. The zero-order valence-corrected chi connectivity index (χ0v) is 24.9. The Bertz CT molecular complexity index is 1380. The third-order valence-corrected chi connectivity index (χ3v) is 6.98. The average molecular weight is 589 g/mol. The summed E-state index contributed by atoms with van der Waals surface area (Å²) in [6, 6.07) is 22.3. The number of para-hydroxylation sites is 3. The van der Waals surface area contributed by atoms with Gasteiger partial charge in [-0.1, -0.05) is 62.7 Å². The summed E-state index contributed by atoms with van der Waals surface area (Å²) in [6.07, 6.45) is 1.51. The van der Waals surface area contributed by atoms with Crippen molar-refractivity contribution in [2.24, 2.45) is 5.92 Å². The Morgan fingerprint density at radius 3 is 2.30 bits per heavy atom. The number of carboxylic acid groups (broad SMARTS) is 1. The van der Waals surface area contributed by atoms with Crippen LogP contribution in [0, 0.1) is 5.92 Å². The van der Waals surface area contributed by atoms with E-state index in [0.717, 1.165) is 18.5 Å². The third kappa shape index (κ3) is 10.2. The Kier molecular flexibility index (Phi) is 12.6. The highest BCUT2D eigenvalue weighted by molar-refractivity contribution is 5.99. The molecule has 1 unspecified atom stereocenters. The Hall–Kier alpha value is -4.86. The van der Waals surface area contributed by atoms with E-state index in [1.54, 1.807) is 58.3 Å². The smallest absolute Gasteiger partial charge is 0.319 e. The molecule has 0 fully saturated rings. The van der Waals surface area contributed by atoms with Crippen LogP contribution >= 0.6 is 0 Å². The Morgan fingerprint density at radius 1 is 0.884 bits per heavy atom. The lowest BCUT2D eigenvalue weighted by molar-refractivity contribution is -0.136. The predicted octanol–water partition coefficient (Wildman–Crippen LogP) is 5.34. The van der Waals surface area contributed by atoms with Gasteiger partial charge in [-0.25, -0.2) is 4.79 Å². The lowest BCUT2D eigenvalue weighted by atomic mass is 10.0. The van der Waals surface area contributed by atoms with Gasteiger partial charge < -0.3 is 30.3 Å². The minimum atomic E-state index is -0.975. The van der Waals surface area contributed by atoms with Crippen LogP contribution in [0.15, 0.2) is 78.9 Å². The molecule has 1 atom stereocenters. The van der Waals surface area contributed by atoms with Gasteiger partial charge in [-0.15, -0.1) is 0 Å². The van der Waals surface area contributed by atoms with Gasteiger partial charge in [0.15, 0.2) is 6.61 Å². The van der Waals surface area contributed by atoms with Gasteiger partial charge in [0.05, 0.1) is 18.7 Å². The van der Waals surface area contributed by atoms with Gasteiger partial charge in [0.1, 0.15) is 5.75 Å². The molecule has 0 aromatic heterocycles. The second-order valence-electron chi connectivity index (χ2n) is 10.2.